The van der Waals surface area contributed by atoms with E-state index in [0.29, 0.717) is 6.42 Å². The van der Waals surface area contributed by atoms with Gasteiger partial charge in [0.2, 0.25) is 5.91 Å². The monoisotopic (exact) mass is 404 g/mol. The van der Waals surface area contributed by atoms with Crippen molar-refractivity contribution in [1.29, 1.82) is 0 Å². The lowest BCUT2D eigenvalue weighted by atomic mass is 10.00. The van der Waals surface area contributed by atoms with Crippen molar-refractivity contribution in [3.63, 3.8) is 0 Å². The SMILES string of the molecule is CC(=O)Nc1ccc(-c2ccc(OC(C)C(O)CCc3cccnc3)cc2)c(C)c1. The zero-order chi connectivity index (χ0) is 21.5. The summed E-state index contributed by atoms with van der Waals surface area (Å²) in [5.41, 5.74) is 5.14. The number of anilines is 1. The molecule has 1 heterocycles. The summed E-state index contributed by atoms with van der Waals surface area (Å²) in [6, 6.07) is 17.6. The average molecular weight is 405 g/mol. The smallest absolute Gasteiger partial charge is 0.221 e. The van der Waals surface area contributed by atoms with Crippen LogP contribution in [0.3, 0.4) is 0 Å². The lowest BCUT2D eigenvalue weighted by molar-refractivity contribution is -0.114. The van der Waals surface area contributed by atoms with Gasteiger partial charge in [-0.25, -0.2) is 0 Å². The van der Waals surface area contributed by atoms with Crippen LogP contribution in [0.25, 0.3) is 11.1 Å². The lowest BCUT2D eigenvalue weighted by Crippen LogP contribution is -2.29. The van der Waals surface area contributed by atoms with Crippen molar-refractivity contribution in [3.8, 4) is 16.9 Å². The molecule has 0 bridgehead atoms. The summed E-state index contributed by atoms with van der Waals surface area (Å²) in [6.45, 7) is 5.40. The Morgan fingerprint density at radius 3 is 2.57 bits per heavy atom. The molecule has 3 rings (SSSR count). The van der Waals surface area contributed by atoms with E-state index in [2.05, 4.69) is 10.3 Å². The molecule has 0 aliphatic rings. The number of ether oxygens (including phenoxy) is 1. The molecule has 0 radical (unpaired) electrons. The van der Waals surface area contributed by atoms with Crippen molar-refractivity contribution >= 4 is 11.6 Å². The quantitative estimate of drug-likeness (QED) is 0.567. The van der Waals surface area contributed by atoms with Crippen LogP contribution in [-0.4, -0.2) is 28.2 Å². The van der Waals surface area contributed by atoms with E-state index in [0.717, 1.165) is 40.1 Å². The zero-order valence-electron chi connectivity index (χ0n) is 17.6. The molecule has 3 aromatic rings. The number of amides is 1. The van der Waals surface area contributed by atoms with Gasteiger partial charge in [0.05, 0.1) is 6.10 Å². The minimum atomic E-state index is -0.562. The fourth-order valence-corrected chi connectivity index (χ4v) is 3.37. The normalized spacial score (nSPS) is 12.8. The van der Waals surface area contributed by atoms with Crippen LogP contribution in [0.4, 0.5) is 5.69 Å². The number of pyridine rings is 1. The Morgan fingerprint density at radius 1 is 1.17 bits per heavy atom. The summed E-state index contributed by atoms with van der Waals surface area (Å²) in [6.07, 6.45) is 4.07. The van der Waals surface area contributed by atoms with E-state index in [4.69, 9.17) is 4.74 Å². The van der Waals surface area contributed by atoms with Crippen LogP contribution in [0.5, 0.6) is 5.75 Å². The third kappa shape index (κ3) is 5.91. The molecule has 30 heavy (non-hydrogen) atoms. The van der Waals surface area contributed by atoms with Crippen molar-refractivity contribution in [2.45, 2.75) is 45.8 Å². The van der Waals surface area contributed by atoms with Crippen LogP contribution in [0.2, 0.25) is 0 Å². The Kier molecular flexibility index (Phi) is 7.20. The third-order valence-electron chi connectivity index (χ3n) is 5.03. The van der Waals surface area contributed by atoms with E-state index in [9.17, 15) is 9.90 Å². The topological polar surface area (TPSA) is 71.5 Å². The highest BCUT2D eigenvalue weighted by Crippen LogP contribution is 2.28. The van der Waals surface area contributed by atoms with Crippen molar-refractivity contribution in [2.75, 3.05) is 5.32 Å². The van der Waals surface area contributed by atoms with E-state index in [1.54, 1.807) is 6.20 Å². The zero-order valence-corrected chi connectivity index (χ0v) is 17.6. The molecular weight excluding hydrogens is 376 g/mol. The number of aliphatic hydroxyl groups is 1. The molecule has 0 aliphatic carbocycles. The largest absolute Gasteiger partial charge is 0.488 e. The van der Waals surface area contributed by atoms with Crippen molar-refractivity contribution in [2.24, 2.45) is 0 Å². The second kappa shape index (κ2) is 10.0. The van der Waals surface area contributed by atoms with E-state index in [1.165, 1.54) is 6.92 Å². The lowest BCUT2D eigenvalue weighted by Gasteiger charge is -2.21. The second-order valence-corrected chi connectivity index (χ2v) is 7.53. The number of aromatic nitrogens is 1. The Hall–Kier alpha value is -3.18. The molecule has 156 valence electrons. The van der Waals surface area contributed by atoms with Gasteiger partial charge in [0, 0.05) is 25.0 Å². The van der Waals surface area contributed by atoms with Gasteiger partial charge in [-0.2, -0.15) is 0 Å². The summed E-state index contributed by atoms with van der Waals surface area (Å²) < 4.78 is 5.94. The van der Waals surface area contributed by atoms with Crippen molar-refractivity contribution in [1.82, 2.24) is 4.98 Å². The average Bonchev–Trinajstić information content (AvgIpc) is 2.73. The predicted molar refractivity (Wildman–Crippen MR) is 120 cm³/mol. The summed E-state index contributed by atoms with van der Waals surface area (Å²) >= 11 is 0. The van der Waals surface area contributed by atoms with Crippen LogP contribution in [-0.2, 0) is 11.2 Å². The third-order valence-corrected chi connectivity index (χ3v) is 5.03. The molecular formula is C25H28N2O3. The molecule has 0 saturated heterocycles. The van der Waals surface area contributed by atoms with Gasteiger partial charge < -0.3 is 15.2 Å². The van der Waals surface area contributed by atoms with Gasteiger partial charge in [-0.3, -0.25) is 9.78 Å². The minimum absolute atomic E-state index is 0.0830. The number of hydrogen-bond acceptors (Lipinski definition) is 4. The van der Waals surface area contributed by atoms with Gasteiger partial charge in [0.25, 0.3) is 0 Å². The van der Waals surface area contributed by atoms with Gasteiger partial charge >= 0.3 is 0 Å². The first-order valence-corrected chi connectivity index (χ1v) is 10.1. The molecule has 0 saturated carbocycles. The summed E-state index contributed by atoms with van der Waals surface area (Å²) in [7, 11) is 0. The number of nitrogens with zero attached hydrogens (tertiary/aromatic N) is 1. The van der Waals surface area contributed by atoms with Gasteiger partial charge in [-0.05, 0) is 79.3 Å². The number of nitrogens with one attached hydrogen (secondary N) is 1. The van der Waals surface area contributed by atoms with Crippen LogP contribution in [0.15, 0.2) is 67.0 Å². The standard InChI is InChI=1S/C25H28N2O3/c1-17-15-22(27-19(3)28)9-12-24(17)21-7-10-23(11-8-21)30-18(2)25(29)13-6-20-5-4-14-26-16-20/h4-5,7-12,14-16,18,25,29H,6,13H2,1-3H3,(H,27,28). The number of aryl methyl sites for hydroxylation is 2. The number of rotatable bonds is 8. The van der Waals surface area contributed by atoms with Gasteiger partial charge in [0.1, 0.15) is 11.9 Å². The molecule has 0 spiro atoms. The number of benzene rings is 2. The van der Waals surface area contributed by atoms with Crippen LogP contribution >= 0.6 is 0 Å². The maximum absolute atomic E-state index is 11.2. The minimum Gasteiger partial charge on any atom is -0.488 e. The van der Waals surface area contributed by atoms with E-state index in [-0.39, 0.29) is 12.0 Å². The molecule has 5 nitrogen and oxygen atoms in total. The van der Waals surface area contributed by atoms with Gasteiger partial charge in [-0.1, -0.05) is 24.3 Å². The molecule has 5 heteroatoms. The first-order valence-electron chi connectivity index (χ1n) is 10.1. The molecule has 0 fully saturated rings. The Balaban J connectivity index is 1.59. The van der Waals surface area contributed by atoms with E-state index >= 15 is 0 Å². The first-order chi connectivity index (χ1) is 14.4. The van der Waals surface area contributed by atoms with E-state index < -0.39 is 6.10 Å². The van der Waals surface area contributed by atoms with E-state index in [1.807, 2.05) is 74.6 Å². The Morgan fingerprint density at radius 2 is 1.93 bits per heavy atom. The predicted octanol–water partition coefficient (Wildman–Crippen LogP) is 4.78. The molecule has 0 aliphatic heterocycles. The summed E-state index contributed by atoms with van der Waals surface area (Å²) in [4.78, 5) is 15.3. The molecule has 2 N–H and O–H groups in total. The number of aliphatic hydroxyl groups excluding tert-OH is 1. The molecule has 1 aromatic heterocycles. The molecule has 2 aromatic carbocycles. The first kappa shape index (κ1) is 21.5. The second-order valence-electron chi connectivity index (χ2n) is 7.53. The highest BCUT2D eigenvalue weighted by atomic mass is 16.5. The summed E-state index contributed by atoms with van der Waals surface area (Å²) in [5, 5.41) is 13.2. The fraction of sp³-hybridized carbons (Fsp3) is 0.280. The number of carbonyl (C=O) groups is 1. The van der Waals surface area contributed by atoms with Crippen molar-refractivity contribution < 1.29 is 14.6 Å². The Bertz CT molecular complexity index is 971. The maximum Gasteiger partial charge on any atom is 0.221 e. The van der Waals surface area contributed by atoms with Crippen LogP contribution in [0, 0.1) is 6.92 Å². The molecule has 2 atom stereocenters. The highest BCUT2D eigenvalue weighted by Gasteiger charge is 2.16. The van der Waals surface area contributed by atoms with Crippen LogP contribution in [0.1, 0.15) is 31.4 Å². The fourth-order valence-electron chi connectivity index (χ4n) is 3.37. The highest BCUT2D eigenvalue weighted by molar-refractivity contribution is 5.89. The van der Waals surface area contributed by atoms with Crippen LogP contribution < -0.4 is 10.1 Å². The van der Waals surface area contributed by atoms with Gasteiger partial charge in [-0.15, -0.1) is 0 Å². The summed E-state index contributed by atoms with van der Waals surface area (Å²) in [5.74, 6) is 0.639. The molecule has 2 unspecified atom stereocenters. The number of carbonyl (C=O) groups excluding carboxylic acids is 1. The van der Waals surface area contributed by atoms with Crippen molar-refractivity contribution in [3.05, 3.63) is 78.1 Å². The Labute approximate surface area is 177 Å². The maximum atomic E-state index is 11.2. The molecule has 1 amide bonds. The van der Waals surface area contributed by atoms with Gasteiger partial charge in [0.15, 0.2) is 0 Å². The number of hydrogen-bond donors (Lipinski definition) is 2.